The first kappa shape index (κ1) is 6.28. The molecule has 0 atom stereocenters. The van der Waals surface area contributed by atoms with Gasteiger partial charge in [0, 0.05) is 5.39 Å². The monoisotopic (exact) mass is 148 g/mol. The van der Waals surface area contributed by atoms with Gasteiger partial charge in [-0.2, -0.15) is 0 Å². The SMILES string of the molecule is Cc1ccc(O)c2cocc12. The smallest absolute Gasteiger partial charge is 0.126 e. The van der Waals surface area contributed by atoms with Crippen LogP contribution in [0.2, 0.25) is 0 Å². The number of phenols is 1. The summed E-state index contributed by atoms with van der Waals surface area (Å²) in [6.45, 7) is 1.98. The van der Waals surface area contributed by atoms with Crippen LogP contribution in [0.3, 0.4) is 0 Å². The van der Waals surface area contributed by atoms with Crippen molar-refractivity contribution in [2.24, 2.45) is 0 Å². The van der Waals surface area contributed by atoms with Crippen LogP contribution < -0.4 is 0 Å². The van der Waals surface area contributed by atoms with E-state index >= 15 is 0 Å². The Morgan fingerprint density at radius 2 is 1.91 bits per heavy atom. The largest absolute Gasteiger partial charge is 0.507 e. The summed E-state index contributed by atoms with van der Waals surface area (Å²) in [4.78, 5) is 0. The number of rotatable bonds is 0. The van der Waals surface area contributed by atoms with E-state index in [-0.39, 0.29) is 5.75 Å². The molecule has 56 valence electrons. The number of aromatic hydroxyl groups is 1. The fourth-order valence-electron chi connectivity index (χ4n) is 1.18. The second-order valence-electron chi connectivity index (χ2n) is 2.60. The number of fused-ring (bicyclic) bond motifs is 1. The molecule has 2 nitrogen and oxygen atoms in total. The van der Waals surface area contributed by atoms with E-state index in [0.29, 0.717) is 0 Å². The van der Waals surface area contributed by atoms with Crippen molar-refractivity contribution in [3.8, 4) is 5.75 Å². The summed E-state index contributed by atoms with van der Waals surface area (Å²) < 4.78 is 4.97. The molecule has 0 amide bonds. The molecule has 11 heavy (non-hydrogen) atoms. The Morgan fingerprint density at radius 1 is 1.18 bits per heavy atom. The quantitative estimate of drug-likeness (QED) is 0.622. The molecular weight excluding hydrogens is 140 g/mol. The highest BCUT2D eigenvalue weighted by Gasteiger charge is 2.02. The standard InChI is InChI=1S/C9H8O2/c1-6-2-3-9(10)8-5-11-4-7(6)8/h2-5,10H,1H3. The molecule has 0 radical (unpaired) electrons. The van der Waals surface area contributed by atoms with Crippen molar-refractivity contribution in [2.75, 3.05) is 0 Å². The first-order valence-electron chi connectivity index (χ1n) is 3.43. The number of hydrogen-bond acceptors (Lipinski definition) is 2. The Morgan fingerprint density at radius 3 is 2.64 bits per heavy atom. The number of benzene rings is 1. The van der Waals surface area contributed by atoms with Gasteiger partial charge in [-0.05, 0) is 18.6 Å². The van der Waals surface area contributed by atoms with Gasteiger partial charge >= 0.3 is 0 Å². The van der Waals surface area contributed by atoms with Crippen LogP contribution in [0.4, 0.5) is 0 Å². The molecule has 2 rings (SSSR count). The minimum atomic E-state index is 0.277. The molecule has 0 aliphatic rings. The van der Waals surface area contributed by atoms with Crippen molar-refractivity contribution in [1.82, 2.24) is 0 Å². The Kier molecular flexibility index (Phi) is 1.15. The zero-order valence-corrected chi connectivity index (χ0v) is 6.16. The highest BCUT2D eigenvalue weighted by Crippen LogP contribution is 2.27. The summed E-state index contributed by atoms with van der Waals surface area (Å²) in [5, 5.41) is 11.1. The third-order valence-corrected chi connectivity index (χ3v) is 1.85. The molecule has 0 bridgehead atoms. The molecule has 2 heteroatoms. The van der Waals surface area contributed by atoms with E-state index in [0.717, 1.165) is 16.3 Å². The minimum absolute atomic E-state index is 0.277. The summed E-state index contributed by atoms with van der Waals surface area (Å²) in [6, 6.07) is 3.54. The average molecular weight is 148 g/mol. The van der Waals surface area contributed by atoms with Gasteiger partial charge in [-0.3, -0.25) is 0 Å². The van der Waals surface area contributed by atoms with Crippen molar-refractivity contribution in [3.05, 3.63) is 30.2 Å². The van der Waals surface area contributed by atoms with E-state index in [4.69, 9.17) is 4.42 Å². The molecular formula is C9H8O2. The lowest BCUT2D eigenvalue weighted by atomic mass is 10.1. The van der Waals surface area contributed by atoms with E-state index in [9.17, 15) is 5.11 Å². The lowest BCUT2D eigenvalue weighted by Gasteiger charge is -1.95. The Labute approximate surface area is 64.1 Å². The molecule has 0 saturated heterocycles. The van der Waals surface area contributed by atoms with Gasteiger partial charge in [0.1, 0.15) is 12.0 Å². The summed E-state index contributed by atoms with van der Waals surface area (Å²) in [7, 11) is 0. The molecule has 0 aliphatic carbocycles. The zero-order valence-electron chi connectivity index (χ0n) is 6.16. The lowest BCUT2D eigenvalue weighted by molar-refractivity contribution is 0.480. The molecule has 1 heterocycles. The summed E-state index contributed by atoms with van der Waals surface area (Å²) in [6.07, 6.45) is 3.20. The summed E-state index contributed by atoms with van der Waals surface area (Å²) in [5.41, 5.74) is 1.12. The van der Waals surface area contributed by atoms with Gasteiger partial charge in [-0.25, -0.2) is 0 Å². The highest BCUT2D eigenvalue weighted by atomic mass is 16.3. The van der Waals surface area contributed by atoms with Gasteiger partial charge in [0.2, 0.25) is 0 Å². The molecule has 0 spiro atoms. The molecule has 0 aliphatic heterocycles. The fraction of sp³-hybridized carbons (Fsp3) is 0.111. The number of hydrogen-bond donors (Lipinski definition) is 1. The number of furan rings is 1. The van der Waals surface area contributed by atoms with E-state index in [1.807, 2.05) is 13.0 Å². The predicted octanol–water partition coefficient (Wildman–Crippen LogP) is 2.45. The molecule has 0 fully saturated rings. The van der Waals surface area contributed by atoms with Crippen LogP contribution in [0.5, 0.6) is 5.75 Å². The lowest BCUT2D eigenvalue weighted by Crippen LogP contribution is -1.72. The van der Waals surface area contributed by atoms with Crippen molar-refractivity contribution >= 4 is 10.8 Å². The molecule has 0 saturated carbocycles. The Hall–Kier alpha value is -1.44. The molecule has 1 N–H and O–H groups in total. The van der Waals surface area contributed by atoms with E-state index in [1.54, 1.807) is 18.6 Å². The second kappa shape index (κ2) is 2.02. The third kappa shape index (κ3) is 0.792. The van der Waals surface area contributed by atoms with Crippen LogP contribution in [-0.2, 0) is 0 Å². The Bertz CT molecular complexity index is 351. The maximum Gasteiger partial charge on any atom is 0.126 e. The highest BCUT2D eigenvalue weighted by molar-refractivity contribution is 5.89. The van der Waals surface area contributed by atoms with Gasteiger partial charge in [-0.15, -0.1) is 0 Å². The van der Waals surface area contributed by atoms with Crippen LogP contribution >= 0.6 is 0 Å². The van der Waals surface area contributed by atoms with Crippen molar-refractivity contribution < 1.29 is 9.52 Å². The van der Waals surface area contributed by atoms with Gasteiger partial charge in [0.25, 0.3) is 0 Å². The van der Waals surface area contributed by atoms with Crippen LogP contribution in [0, 0.1) is 6.92 Å². The fourth-order valence-corrected chi connectivity index (χ4v) is 1.18. The van der Waals surface area contributed by atoms with E-state index < -0.39 is 0 Å². The first-order chi connectivity index (χ1) is 5.29. The van der Waals surface area contributed by atoms with Crippen molar-refractivity contribution in [2.45, 2.75) is 6.92 Å². The first-order valence-corrected chi connectivity index (χ1v) is 3.43. The predicted molar refractivity (Wildman–Crippen MR) is 42.6 cm³/mol. The molecule has 1 aromatic heterocycles. The van der Waals surface area contributed by atoms with Crippen LogP contribution in [-0.4, -0.2) is 5.11 Å². The normalized spacial score (nSPS) is 10.6. The number of phenolic OH excluding ortho intramolecular Hbond substituents is 1. The summed E-state index contributed by atoms with van der Waals surface area (Å²) >= 11 is 0. The van der Waals surface area contributed by atoms with Crippen molar-refractivity contribution in [3.63, 3.8) is 0 Å². The van der Waals surface area contributed by atoms with Gasteiger partial charge in [0.05, 0.1) is 11.6 Å². The number of aryl methyl sites for hydroxylation is 1. The van der Waals surface area contributed by atoms with E-state index in [1.165, 1.54) is 0 Å². The van der Waals surface area contributed by atoms with Gasteiger partial charge < -0.3 is 9.52 Å². The zero-order chi connectivity index (χ0) is 7.84. The topological polar surface area (TPSA) is 33.4 Å². The Balaban J connectivity index is 2.96. The van der Waals surface area contributed by atoms with Crippen LogP contribution in [0.1, 0.15) is 5.56 Å². The van der Waals surface area contributed by atoms with Crippen LogP contribution in [0.25, 0.3) is 10.8 Å². The molecule has 0 unspecified atom stereocenters. The average Bonchev–Trinajstić information content (AvgIpc) is 2.45. The van der Waals surface area contributed by atoms with Gasteiger partial charge in [-0.1, -0.05) is 6.07 Å². The summed E-state index contributed by atoms with van der Waals surface area (Å²) in [5.74, 6) is 0.277. The molecule has 2 aromatic rings. The van der Waals surface area contributed by atoms with E-state index in [2.05, 4.69) is 0 Å². The third-order valence-electron chi connectivity index (χ3n) is 1.85. The minimum Gasteiger partial charge on any atom is -0.507 e. The maximum atomic E-state index is 9.32. The molecule has 1 aromatic carbocycles. The maximum absolute atomic E-state index is 9.32. The second-order valence-corrected chi connectivity index (χ2v) is 2.60. The van der Waals surface area contributed by atoms with Gasteiger partial charge in [0.15, 0.2) is 0 Å². The van der Waals surface area contributed by atoms with Crippen LogP contribution in [0.15, 0.2) is 29.1 Å². The van der Waals surface area contributed by atoms with Crippen molar-refractivity contribution in [1.29, 1.82) is 0 Å².